The lowest BCUT2D eigenvalue weighted by molar-refractivity contribution is -0.158. The summed E-state index contributed by atoms with van der Waals surface area (Å²) in [5.41, 5.74) is -0.683. The average Bonchev–Trinajstić information content (AvgIpc) is 2.84. The maximum Gasteiger partial charge on any atom is 0.407 e. The van der Waals surface area contributed by atoms with Crippen molar-refractivity contribution in [3.63, 3.8) is 0 Å². The van der Waals surface area contributed by atoms with E-state index >= 15 is 0 Å². The Hall–Kier alpha value is -1.34. The smallest absolute Gasteiger partial charge is 0.407 e. The lowest BCUT2D eigenvalue weighted by Crippen LogP contribution is -2.47. The van der Waals surface area contributed by atoms with Crippen molar-refractivity contribution >= 4 is 35.0 Å². The van der Waals surface area contributed by atoms with Crippen LogP contribution < -0.4 is 0 Å². The first kappa shape index (κ1) is 16.0. The number of nitrogens with zero attached hydrogens (tertiary/aromatic N) is 2. The van der Waals surface area contributed by atoms with Crippen LogP contribution in [0.25, 0.3) is 0 Å². The summed E-state index contributed by atoms with van der Waals surface area (Å²) < 4.78 is 5.64. The predicted octanol–water partition coefficient (Wildman–Crippen LogP) is 2.66. The Morgan fingerprint density at radius 1 is 1.52 bits per heavy atom. The van der Waals surface area contributed by atoms with Crippen molar-refractivity contribution in [2.75, 3.05) is 19.7 Å². The fourth-order valence-corrected chi connectivity index (χ4v) is 3.68. The molecular formula is C13H17ClN2O4S. The van der Waals surface area contributed by atoms with Crippen molar-refractivity contribution in [1.29, 1.82) is 0 Å². The molecular weight excluding hydrogens is 316 g/mol. The molecule has 1 saturated heterocycles. The van der Waals surface area contributed by atoms with E-state index in [4.69, 9.17) is 21.4 Å². The van der Waals surface area contributed by atoms with Crippen LogP contribution in [-0.2, 0) is 16.0 Å². The van der Waals surface area contributed by atoms with Crippen molar-refractivity contribution in [1.82, 2.24) is 9.88 Å². The Morgan fingerprint density at radius 2 is 2.19 bits per heavy atom. The van der Waals surface area contributed by atoms with Gasteiger partial charge in [-0.1, -0.05) is 11.6 Å². The van der Waals surface area contributed by atoms with Crippen molar-refractivity contribution in [3.8, 4) is 0 Å². The molecule has 0 aliphatic carbocycles. The summed E-state index contributed by atoms with van der Waals surface area (Å²) in [6, 6.07) is 0. The number of carbonyl (C=O) groups excluding carboxylic acids is 1. The number of ether oxygens (including phenoxy) is 1. The third-order valence-electron chi connectivity index (χ3n) is 3.74. The fourth-order valence-electron chi connectivity index (χ4n) is 2.56. The van der Waals surface area contributed by atoms with Gasteiger partial charge in [0.15, 0.2) is 4.47 Å². The number of halogens is 1. The second kappa shape index (κ2) is 6.62. The second-order valence-electron chi connectivity index (χ2n) is 5.03. The molecule has 0 unspecified atom stereocenters. The molecule has 0 radical (unpaired) electrons. The first-order chi connectivity index (χ1) is 9.97. The number of hydrogen-bond donors (Lipinski definition) is 1. The SMILES string of the molecule is CCOC(=O)C1(Cc2cnc(Cl)s2)CCN(C(=O)O)CC1. The molecule has 1 amide bonds. The molecule has 1 aromatic heterocycles. The Kier molecular flexibility index (Phi) is 5.05. The highest BCUT2D eigenvalue weighted by Crippen LogP contribution is 2.38. The number of hydrogen-bond acceptors (Lipinski definition) is 5. The van der Waals surface area contributed by atoms with Crippen molar-refractivity contribution in [2.24, 2.45) is 5.41 Å². The molecule has 0 spiro atoms. The molecule has 8 heteroatoms. The fraction of sp³-hybridized carbons (Fsp3) is 0.615. The van der Waals surface area contributed by atoms with Crippen LogP contribution in [-0.4, -0.2) is 46.7 Å². The summed E-state index contributed by atoms with van der Waals surface area (Å²) >= 11 is 7.17. The maximum absolute atomic E-state index is 12.4. The number of amides is 1. The van der Waals surface area contributed by atoms with Gasteiger partial charge in [-0.05, 0) is 26.2 Å². The van der Waals surface area contributed by atoms with Gasteiger partial charge in [0.2, 0.25) is 0 Å². The van der Waals surface area contributed by atoms with E-state index in [-0.39, 0.29) is 5.97 Å². The van der Waals surface area contributed by atoms with E-state index in [1.54, 1.807) is 13.1 Å². The number of carbonyl (C=O) groups is 2. The number of carboxylic acid groups (broad SMARTS) is 1. The molecule has 116 valence electrons. The zero-order valence-electron chi connectivity index (χ0n) is 11.7. The summed E-state index contributed by atoms with van der Waals surface area (Å²) in [7, 11) is 0. The summed E-state index contributed by atoms with van der Waals surface area (Å²) in [6.45, 7) is 2.75. The lowest BCUT2D eigenvalue weighted by Gasteiger charge is -2.38. The zero-order chi connectivity index (χ0) is 15.5. The van der Waals surface area contributed by atoms with Crippen LogP contribution in [0, 0.1) is 5.41 Å². The molecule has 1 aliphatic rings. The van der Waals surface area contributed by atoms with Crippen LogP contribution in [0.15, 0.2) is 6.20 Å². The quantitative estimate of drug-likeness (QED) is 0.857. The number of rotatable bonds is 4. The minimum atomic E-state index is -0.951. The third kappa shape index (κ3) is 3.65. The highest BCUT2D eigenvalue weighted by molar-refractivity contribution is 7.15. The third-order valence-corrected chi connectivity index (χ3v) is 4.85. The Balaban J connectivity index is 2.16. The standard InChI is InChI=1S/C13H17ClN2O4S/c1-2-20-10(17)13(7-9-8-15-11(14)21-9)3-5-16(6-4-13)12(18)19/h8H,2-7H2,1H3,(H,18,19). The molecule has 6 nitrogen and oxygen atoms in total. The molecule has 0 saturated carbocycles. The summed E-state index contributed by atoms with van der Waals surface area (Å²) in [5.74, 6) is -0.264. The Morgan fingerprint density at radius 3 is 2.67 bits per heavy atom. The van der Waals surface area contributed by atoms with Gasteiger partial charge < -0.3 is 14.7 Å². The largest absolute Gasteiger partial charge is 0.466 e. The Labute approximate surface area is 131 Å². The lowest BCUT2D eigenvalue weighted by atomic mass is 9.75. The van der Waals surface area contributed by atoms with Crippen LogP contribution in [0.1, 0.15) is 24.6 Å². The molecule has 1 aliphatic heterocycles. The van der Waals surface area contributed by atoms with Crippen molar-refractivity contribution < 1.29 is 19.4 Å². The Bertz CT molecular complexity index is 526. The van der Waals surface area contributed by atoms with Crippen LogP contribution in [0.5, 0.6) is 0 Å². The number of likely N-dealkylation sites (tertiary alicyclic amines) is 1. The van der Waals surface area contributed by atoms with E-state index in [0.29, 0.717) is 43.4 Å². The van der Waals surface area contributed by atoms with Gasteiger partial charge in [0.1, 0.15) is 0 Å². The molecule has 2 rings (SSSR count). The van der Waals surface area contributed by atoms with Gasteiger partial charge in [-0.3, -0.25) is 4.79 Å². The van der Waals surface area contributed by atoms with Crippen LogP contribution >= 0.6 is 22.9 Å². The molecule has 0 atom stereocenters. The topological polar surface area (TPSA) is 79.7 Å². The summed E-state index contributed by atoms with van der Waals surface area (Å²) in [5, 5.41) is 9.03. The highest BCUT2D eigenvalue weighted by atomic mass is 35.5. The summed E-state index contributed by atoms with van der Waals surface area (Å²) in [6.07, 6.45) is 2.11. The zero-order valence-corrected chi connectivity index (χ0v) is 13.2. The van der Waals surface area contributed by atoms with Crippen LogP contribution in [0.2, 0.25) is 4.47 Å². The second-order valence-corrected chi connectivity index (χ2v) is 6.72. The molecule has 1 fully saturated rings. The minimum absolute atomic E-state index is 0.264. The van der Waals surface area contributed by atoms with E-state index in [1.807, 2.05) is 0 Å². The van der Waals surface area contributed by atoms with Gasteiger partial charge in [-0.2, -0.15) is 0 Å². The van der Waals surface area contributed by atoms with Crippen LogP contribution in [0.3, 0.4) is 0 Å². The number of thiazole rings is 1. The first-order valence-electron chi connectivity index (χ1n) is 6.72. The van der Waals surface area contributed by atoms with Gasteiger partial charge in [-0.25, -0.2) is 9.78 Å². The molecule has 0 aromatic carbocycles. The van der Waals surface area contributed by atoms with Crippen LogP contribution in [0.4, 0.5) is 4.79 Å². The first-order valence-corrected chi connectivity index (χ1v) is 7.91. The molecule has 1 aromatic rings. The van der Waals surface area contributed by atoms with E-state index in [9.17, 15) is 9.59 Å². The van der Waals surface area contributed by atoms with Crippen molar-refractivity contribution in [3.05, 3.63) is 15.5 Å². The maximum atomic E-state index is 12.4. The normalized spacial score (nSPS) is 17.5. The van der Waals surface area contributed by atoms with Gasteiger partial charge in [0.05, 0.1) is 12.0 Å². The average molecular weight is 333 g/mol. The molecule has 1 N–H and O–H groups in total. The van der Waals surface area contributed by atoms with E-state index in [1.165, 1.54) is 16.2 Å². The highest BCUT2D eigenvalue weighted by Gasteiger charge is 2.44. The van der Waals surface area contributed by atoms with E-state index in [2.05, 4.69) is 4.98 Å². The predicted molar refractivity (Wildman–Crippen MR) is 78.7 cm³/mol. The molecule has 2 heterocycles. The van der Waals surface area contributed by atoms with E-state index in [0.717, 1.165) is 4.88 Å². The monoisotopic (exact) mass is 332 g/mol. The van der Waals surface area contributed by atoms with Gasteiger partial charge in [0, 0.05) is 24.2 Å². The molecule has 0 bridgehead atoms. The van der Waals surface area contributed by atoms with Gasteiger partial charge >= 0.3 is 12.1 Å². The number of esters is 1. The van der Waals surface area contributed by atoms with Crippen molar-refractivity contribution in [2.45, 2.75) is 26.2 Å². The molecule has 21 heavy (non-hydrogen) atoms. The summed E-state index contributed by atoms with van der Waals surface area (Å²) in [4.78, 5) is 29.6. The number of aromatic nitrogens is 1. The van der Waals surface area contributed by atoms with Gasteiger partial charge in [-0.15, -0.1) is 11.3 Å². The number of piperidine rings is 1. The minimum Gasteiger partial charge on any atom is -0.466 e. The van der Waals surface area contributed by atoms with Gasteiger partial charge in [0.25, 0.3) is 0 Å². The van der Waals surface area contributed by atoms with E-state index < -0.39 is 11.5 Å².